The molecule has 0 spiro atoms. The van der Waals surface area contributed by atoms with Gasteiger partial charge >= 0.3 is 0 Å². The maximum Gasteiger partial charge on any atom is 0.125 e. The van der Waals surface area contributed by atoms with Gasteiger partial charge in [-0.3, -0.25) is 4.98 Å². The Morgan fingerprint density at radius 2 is 1.65 bits per heavy atom. The number of fused-ring (bicyclic) bond motifs is 1. The van der Waals surface area contributed by atoms with Crippen LogP contribution in [-0.2, 0) is 0 Å². The van der Waals surface area contributed by atoms with Crippen LogP contribution < -0.4 is 10.6 Å². The molecule has 0 bridgehead atoms. The highest BCUT2D eigenvalue weighted by molar-refractivity contribution is 5.93. The van der Waals surface area contributed by atoms with Gasteiger partial charge in [0.1, 0.15) is 5.82 Å². The van der Waals surface area contributed by atoms with Gasteiger partial charge in [-0.2, -0.15) is 0 Å². The van der Waals surface area contributed by atoms with Crippen molar-refractivity contribution in [3.63, 3.8) is 0 Å². The molecule has 3 heterocycles. The van der Waals surface area contributed by atoms with Crippen LogP contribution in [0.5, 0.6) is 0 Å². The molecule has 0 aliphatic heterocycles. The van der Waals surface area contributed by atoms with E-state index in [9.17, 15) is 0 Å². The van der Waals surface area contributed by atoms with Gasteiger partial charge < -0.3 is 20.7 Å². The summed E-state index contributed by atoms with van der Waals surface area (Å²) in [5, 5.41) is 16.4. The molecule has 160 valence electrons. The van der Waals surface area contributed by atoms with E-state index >= 15 is 0 Å². The Hall–Kier alpha value is -3.22. The van der Waals surface area contributed by atoms with E-state index in [0.29, 0.717) is 6.54 Å². The van der Waals surface area contributed by atoms with Crippen molar-refractivity contribution < 1.29 is 5.11 Å². The van der Waals surface area contributed by atoms with Gasteiger partial charge in [0.05, 0.1) is 12.3 Å². The van der Waals surface area contributed by atoms with Crippen molar-refractivity contribution in [2.24, 2.45) is 0 Å². The average Bonchev–Trinajstić information content (AvgIpc) is 3.09. The van der Waals surface area contributed by atoms with Gasteiger partial charge in [-0.1, -0.05) is 12.1 Å². The van der Waals surface area contributed by atoms with Gasteiger partial charge in [-0.05, 0) is 67.8 Å². The Morgan fingerprint density at radius 1 is 0.871 bits per heavy atom. The predicted octanol–water partition coefficient (Wildman–Crippen LogP) is 4.21. The Morgan fingerprint density at radius 3 is 2.35 bits per heavy atom. The fraction of sp³-hybridized carbons (Fsp3) is 0.280. The zero-order valence-electron chi connectivity index (χ0n) is 18.3. The lowest BCUT2D eigenvalue weighted by Gasteiger charge is -2.07. The van der Waals surface area contributed by atoms with Crippen LogP contribution in [0.25, 0.3) is 33.3 Å². The second kappa shape index (κ2) is 9.29. The molecule has 0 unspecified atom stereocenters. The zero-order chi connectivity index (χ0) is 21.8. The molecule has 0 saturated heterocycles. The van der Waals surface area contributed by atoms with E-state index in [0.717, 1.165) is 47.1 Å². The van der Waals surface area contributed by atoms with Crippen LogP contribution in [0.1, 0.15) is 17.0 Å². The van der Waals surface area contributed by atoms with Crippen LogP contribution >= 0.6 is 0 Å². The molecule has 4 N–H and O–H groups in total. The number of anilines is 1. The van der Waals surface area contributed by atoms with Gasteiger partial charge in [0.25, 0.3) is 0 Å². The third-order valence-electron chi connectivity index (χ3n) is 5.42. The van der Waals surface area contributed by atoms with Crippen molar-refractivity contribution >= 4 is 16.7 Å². The van der Waals surface area contributed by atoms with E-state index in [1.165, 1.54) is 22.1 Å². The van der Waals surface area contributed by atoms with Crippen molar-refractivity contribution in [3.05, 3.63) is 65.6 Å². The van der Waals surface area contributed by atoms with Crippen LogP contribution in [0.3, 0.4) is 0 Å². The topological polar surface area (TPSA) is 85.9 Å². The van der Waals surface area contributed by atoms with Crippen LogP contribution in [-0.4, -0.2) is 46.3 Å². The maximum absolute atomic E-state index is 8.79. The van der Waals surface area contributed by atoms with Gasteiger partial charge in [-0.15, -0.1) is 0 Å². The molecule has 4 aromatic rings. The van der Waals surface area contributed by atoms with E-state index in [1.54, 1.807) is 0 Å². The monoisotopic (exact) mass is 415 g/mol. The lowest BCUT2D eigenvalue weighted by atomic mass is 10.0. The van der Waals surface area contributed by atoms with Crippen molar-refractivity contribution in [2.75, 3.05) is 31.6 Å². The normalized spacial score (nSPS) is 11.2. The number of aromatic nitrogens is 3. The molecule has 0 saturated carbocycles. The quantitative estimate of drug-likeness (QED) is 0.324. The largest absolute Gasteiger partial charge is 0.395 e. The van der Waals surface area contributed by atoms with E-state index in [-0.39, 0.29) is 6.61 Å². The second-order valence-electron chi connectivity index (χ2n) is 7.86. The zero-order valence-corrected chi connectivity index (χ0v) is 18.3. The molecular formula is C25H29N5O. The molecule has 6 heteroatoms. The highest BCUT2D eigenvalue weighted by Crippen LogP contribution is 2.32. The summed E-state index contributed by atoms with van der Waals surface area (Å²) in [5.74, 6) is 0.842. The lowest BCUT2D eigenvalue weighted by Crippen LogP contribution is -2.25. The third-order valence-corrected chi connectivity index (χ3v) is 5.42. The number of nitrogens with one attached hydrogen (secondary N) is 3. The fourth-order valence-electron chi connectivity index (χ4n) is 3.94. The van der Waals surface area contributed by atoms with Gasteiger partial charge in [0.2, 0.25) is 0 Å². The lowest BCUT2D eigenvalue weighted by molar-refractivity contribution is 0.293. The molecule has 6 nitrogen and oxygen atoms in total. The van der Waals surface area contributed by atoms with Crippen LogP contribution in [0, 0.1) is 20.8 Å². The summed E-state index contributed by atoms with van der Waals surface area (Å²) in [4.78, 5) is 12.6. The van der Waals surface area contributed by atoms with Crippen LogP contribution in [0.15, 0.2) is 48.7 Å². The molecule has 0 amide bonds. The summed E-state index contributed by atoms with van der Waals surface area (Å²) in [6, 6.07) is 14.9. The maximum atomic E-state index is 8.79. The molecule has 0 radical (unpaired) electrons. The number of hydrogen-bond donors (Lipinski definition) is 4. The van der Waals surface area contributed by atoms with E-state index in [1.807, 2.05) is 26.1 Å². The first kappa shape index (κ1) is 21.0. The molecule has 0 aliphatic carbocycles. The number of aryl methyl sites for hydroxylation is 3. The van der Waals surface area contributed by atoms with Crippen molar-refractivity contribution in [2.45, 2.75) is 20.8 Å². The molecule has 4 rings (SSSR count). The number of rotatable bonds is 8. The summed E-state index contributed by atoms with van der Waals surface area (Å²) in [7, 11) is 0. The Bertz CT molecular complexity index is 1160. The van der Waals surface area contributed by atoms with E-state index in [2.05, 4.69) is 68.9 Å². The van der Waals surface area contributed by atoms with Gasteiger partial charge in [0.15, 0.2) is 0 Å². The molecule has 0 fully saturated rings. The number of aliphatic hydroxyl groups is 1. The van der Waals surface area contributed by atoms with Gasteiger partial charge in [0, 0.05) is 53.7 Å². The number of nitrogens with zero attached hydrogens (tertiary/aromatic N) is 2. The average molecular weight is 416 g/mol. The number of aliphatic hydroxyl groups excluding tert-OH is 1. The highest BCUT2D eigenvalue weighted by atomic mass is 16.3. The summed E-state index contributed by atoms with van der Waals surface area (Å²) in [6.45, 7) is 8.51. The first-order chi connectivity index (χ1) is 15.0. The minimum Gasteiger partial charge on any atom is -0.395 e. The van der Waals surface area contributed by atoms with Crippen LogP contribution in [0.2, 0.25) is 0 Å². The number of pyridine rings is 2. The second-order valence-corrected chi connectivity index (χ2v) is 7.86. The van der Waals surface area contributed by atoms with Gasteiger partial charge in [-0.25, -0.2) is 4.98 Å². The number of H-pyrrole nitrogens is 1. The molecule has 3 aromatic heterocycles. The number of benzene rings is 1. The smallest absolute Gasteiger partial charge is 0.125 e. The first-order valence-corrected chi connectivity index (χ1v) is 10.6. The summed E-state index contributed by atoms with van der Waals surface area (Å²) in [6.07, 6.45) is 1.90. The minimum atomic E-state index is 0.153. The molecule has 1 aromatic carbocycles. The molecule has 0 atom stereocenters. The highest BCUT2D eigenvalue weighted by Gasteiger charge is 2.11. The SMILES string of the molecule is Cc1cc(-c2ccc3c(C)c(-c4ccc(NCCNCCO)nc4)[nH]c3c2)cc(C)n1. The third kappa shape index (κ3) is 4.76. The molecule has 31 heavy (non-hydrogen) atoms. The fourth-order valence-corrected chi connectivity index (χ4v) is 3.94. The van der Waals surface area contributed by atoms with Crippen LogP contribution in [0.4, 0.5) is 5.82 Å². The number of hydrogen-bond acceptors (Lipinski definition) is 5. The number of aromatic amines is 1. The van der Waals surface area contributed by atoms with E-state index < -0.39 is 0 Å². The minimum absolute atomic E-state index is 0.153. The summed E-state index contributed by atoms with van der Waals surface area (Å²) >= 11 is 0. The van der Waals surface area contributed by atoms with Crippen molar-refractivity contribution in [1.82, 2.24) is 20.3 Å². The Kier molecular flexibility index (Phi) is 6.30. The molecule has 0 aliphatic rings. The van der Waals surface area contributed by atoms with Crippen molar-refractivity contribution in [3.8, 4) is 22.4 Å². The molecular weight excluding hydrogens is 386 g/mol. The first-order valence-electron chi connectivity index (χ1n) is 10.6. The standard InChI is InChI=1S/C25H29N5O/c1-16-12-21(13-17(2)29-16)19-4-6-22-18(3)25(30-23(22)14-19)20-5-7-24(28-15-20)27-9-8-26-10-11-31/h4-7,12-15,26,30-31H,8-11H2,1-3H3,(H,27,28). The predicted molar refractivity (Wildman–Crippen MR) is 127 cm³/mol. The Labute approximate surface area is 182 Å². The van der Waals surface area contributed by atoms with Crippen molar-refractivity contribution in [1.29, 1.82) is 0 Å². The summed E-state index contributed by atoms with van der Waals surface area (Å²) < 4.78 is 0. The summed E-state index contributed by atoms with van der Waals surface area (Å²) in [5.41, 5.74) is 8.93. The van der Waals surface area contributed by atoms with E-state index in [4.69, 9.17) is 5.11 Å². The Balaban J connectivity index is 1.56.